The van der Waals surface area contributed by atoms with Gasteiger partial charge in [0.25, 0.3) is 0 Å². The van der Waals surface area contributed by atoms with Gasteiger partial charge in [-0.25, -0.2) is 4.39 Å². The van der Waals surface area contributed by atoms with E-state index in [0.717, 1.165) is 5.56 Å². The second-order valence-corrected chi connectivity index (χ2v) is 6.06. The monoisotopic (exact) mass is 378 g/mol. The molecular formula is C22H16ClFN2O. The number of phenols is 1. The van der Waals surface area contributed by atoms with Crippen molar-refractivity contribution in [3.63, 3.8) is 0 Å². The predicted molar refractivity (Wildman–Crippen MR) is 109 cm³/mol. The highest BCUT2D eigenvalue weighted by atomic mass is 35.5. The number of allylic oxidation sites excluding steroid dienone is 1. The van der Waals surface area contributed by atoms with Gasteiger partial charge in [-0.3, -0.25) is 0 Å². The van der Waals surface area contributed by atoms with E-state index >= 15 is 0 Å². The fourth-order valence-electron chi connectivity index (χ4n) is 2.34. The normalized spacial score (nSPS) is 12.1. The summed E-state index contributed by atoms with van der Waals surface area (Å²) in [6, 6.07) is 20.2. The van der Waals surface area contributed by atoms with E-state index in [4.69, 9.17) is 11.6 Å². The zero-order chi connectivity index (χ0) is 19.1. The summed E-state index contributed by atoms with van der Waals surface area (Å²) in [5, 5.41) is 18.7. The number of halogens is 2. The standard InChI is InChI=1S/C22H16ClFN2O/c23-20-7-3-1-5-16(20)11-14-21(17-9-12-19(24)13-10-17)26-25-15-18-6-2-4-8-22(18)27/h1-15,27H/b14-11+,25-15+,26-21+. The zero-order valence-corrected chi connectivity index (χ0v) is 15.0. The summed E-state index contributed by atoms with van der Waals surface area (Å²) >= 11 is 6.18. The molecule has 0 atom stereocenters. The molecule has 0 heterocycles. The van der Waals surface area contributed by atoms with Gasteiger partial charge in [0.15, 0.2) is 0 Å². The van der Waals surface area contributed by atoms with E-state index in [1.807, 2.05) is 24.3 Å². The van der Waals surface area contributed by atoms with Crippen molar-refractivity contribution >= 4 is 29.6 Å². The summed E-state index contributed by atoms with van der Waals surface area (Å²) < 4.78 is 13.2. The van der Waals surface area contributed by atoms with E-state index in [-0.39, 0.29) is 11.6 Å². The van der Waals surface area contributed by atoms with Gasteiger partial charge >= 0.3 is 0 Å². The third-order valence-corrected chi connectivity index (χ3v) is 4.11. The summed E-state index contributed by atoms with van der Waals surface area (Å²) in [5.74, 6) is -0.211. The average Bonchev–Trinajstić information content (AvgIpc) is 2.68. The Kier molecular flexibility index (Phi) is 6.13. The number of hydrogen-bond donors (Lipinski definition) is 1. The Morgan fingerprint density at radius 1 is 0.889 bits per heavy atom. The Hall–Kier alpha value is -3.24. The van der Waals surface area contributed by atoms with Crippen LogP contribution < -0.4 is 0 Å². The van der Waals surface area contributed by atoms with Crippen molar-refractivity contribution in [3.05, 3.63) is 106 Å². The molecule has 5 heteroatoms. The molecule has 0 aliphatic heterocycles. The van der Waals surface area contributed by atoms with E-state index in [9.17, 15) is 9.50 Å². The smallest absolute Gasteiger partial charge is 0.124 e. The van der Waals surface area contributed by atoms with Gasteiger partial charge < -0.3 is 5.11 Å². The molecule has 0 bridgehead atoms. The van der Waals surface area contributed by atoms with Crippen molar-refractivity contribution in [3.8, 4) is 5.75 Å². The minimum atomic E-state index is -0.328. The van der Waals surface area contributed by atoms with Crippen LogP contribution in [0.4, 0.5) is 4.39 Å². The SMILES string of the molecule is Oc1ccccc1/C=N/N=C(\C=C\c1ccccc1Cl)c1ccc(F)cc1. The Balaban J connectivity index is 1.93. The van der Waals surface area contributed by atoms with Crippen LogP contribution in [0.5, 0.6) is 5.75 Å². The van der Waals surface area contributed by atoms with Crippen LogP contribution in [0, 0.1) is 5.82 Å². The van der Waals surface area contributed by atoms with Gasteiger partial charge in [0.05, 0.1) is 11.9 Å². The molecule has 0 radical (unpaired) electrons. The quantitative estimate of drug-likeness (QED) is 0.447. The molecule has 0 unspecified atom stereocenters. The van der Waals surface area contributed by atoms with Gasteiger partial charge in [0.2, 0.25) is 0 Å². The molecular weight excluding hydrogens is 363 g/mol. The van der Waals surface area contributed by atoms with Crippen molar-refractivity contribution < 1.29 is 9.50 Å². The van der Waals surface area contributed by atoms with Crippen LogP contribution in [0.1, 0.15) is 16.7 Å². The molecule has 0 aliphatic carbocycles. The lowest BCUT2D eigenvalue weighted by Crippen LogP contribution is -1.96. The van der Waals surface area contributed by atoms with E-state index in [1.54, 1.807) is 48.5 Å². The Bertz CT molecular complexity index is 1010. The lowest BCUT2D eigenvalue weighted by molar-refractivity contribution is 0.474. The van der Waals surface area contributed by atoms with Crippen molar-refractivity contribution in [2.75, 3.05) is 0 Å². The van der Waals surface area contributed by atoms with Gasteiger partial charge in [0.1, 0.15) is 11.6 Å². The molecule has 3 rings (SSSR count). The molecule has 0 spiro atoms. The molecule has 0 saturated heterocycles. The van der Waals surface area contributed by atoms with Gasteiger partial charge in [0, 0.05) is 16.1 Å². The molecule has 0 saturated carbocycles. The van der Waals surface area contributed by atoms with Crippen molar-refractivity contribution in [2.24, 2.45) is 10.2 Å². The lowest BCUT2D eigenvalue weighted by Gasteiger charge is -2.01. The second-order valence-electron chi connectivity index (χ2n) is 5.65. The molecule has 1 N–H and O–H groups in total. The molecule has 27 heavy (non-hydrogen) atoms. The first kappa shape index (κ1) is 18.5. The fraction of sp³-hybridized carbons (Fsp3) is 0. The first-order valence-corrected chi connectivity index (χ1v) is 8.59. The highest BCUT2D eigenvalue weighted by molar-refractivity contribution is 6.32. The number of aromatic hydroxyl groups is 1. The number of benzene rings is 3. The van der Waals surface area contributed by atoms with Crippen LogP contribution in [0.2, 0.25) is 5.02 Å². The fourth-order valence-corrected chi connectivity index (χ4v) is 2.54. The molecule has 3 nitrogen and oxygen atoms in total. The molecule has 134 valence electrons. The number of rotatable bonds is 5. The Labute approximate surface area is 161 Å². The number of nitrogens with zero attached hydrogens (tertiary/aromatic N) is 2. The van der Waals surface area contributed by atoms with Crippen LogP contribution in [0.3, 0.4) is 0 Å². The predicted octanol–water partition coefficient (Wildman–Crippen LogP) is 5.72. The molecule has 3 aromatic rings. The highest BCUT2D eigenvalue weighted by Gasteiger charge is 2.02. The molecule has 0 aromatic heterocycles. The van der Waals surface area contributed by atoms with Crippen LogP contribution in [-0.2, 0) is 0 Å². The number of para-hydroxylation sites is 1. The van der Waals surface area contributed by atoms with Crippen LogP contribution in [0.25, 0.3) is 6.08 Å². The molecule has 0 amide bonds. The van der Waals surface area contributed by atoms with Crippen molar-refractivity contribution in [1.29, 1.82) is 0 Å². The summed E-state index contributed by atoms with van der Waals surface area (Å²) in [7, 11) is 0. The van der Waals surface area contributed by atoms with E-state index in [2.05, 4.69) is 10.2 Å². The van der Waals surface area contributed by atoms with Crippen molar-refractivity contribution in [1.82, 2.24) is 0 Å². The van der Waals surface area contributed by atoms with Gasteiger partial charge in [-0.15, -0.1) is 0 Å². The zero-order valence-electron chi connectivity index (χ0n) is 14.3. The van der Waals surface area contributed by atoms with Gasteiger partial charge in [-0.2, -0.15) is 10.2 Å². The van der Waals surface area contributed by atoms with E-state index < -0.39 is 0 Å². The van der Waals surface area contributed by atoms with E-state index in [0.29, 0.717) is 21.9 Å². The van der Waals surface area contributed by atoms with Gasteiger partial charge in [-0.1, -0.05) is 48.0 Å². The summed E-state index contributed by atoms with van der Waals surface area (Å²) in [5.41, 5.74) is 2.61. The first-order chi connectivity index (χ1) is 13.1. The van der Waals surface area contributed by atoms with Crippen LogP contribution in [-0.4, -0.2) is 17.0 Å². The second kappa shape index (κ2) is 8.92. The largest absolute Gasteiger partial charge is 0.507 e. The maximum atomic E-state index is 13.2. The first-order valence-electron chi connectivity index (χ1n) is 8.21. The summed E-state index contributed by atoms with van der Waals surface area (Å²) in [6.45, 7) is 0. The Morgan fingerprint density at radius 3 is 2.26 bits per heavy atom. The van der Waals surface area contributed by atoms with Crippen molar-refractivity contribution in [2.45, 2.75) is 0 Å². The topological polar surface area (TPSA) is 45.0 Å². The summed E-state index contributed by atoms with van der Waals surface area (Å²) in [6.07, 6.45) is 5.04. The minimum absolute atomic E-state index is 0.117. The highest BCUT2D eigenvalue weighted by Crippen LogP contribution is 2.17. The molecule has 3 aromatic carbocycles. The maximum absolute atomic E-state index is 13.2. The third-order valence-electron chi connectivity index (χ3n) is 3.77. The third kappa shape index (κ3) is 5.12. The maximum Gasteiger partial charge on any atom is 0.124 e. The minimum Gasteiger partial charge on any atom is -0.507 e. The molecule has 0 aliphatic rings. The summed E-state index contributed by atoms with van der Waals surface area (Å²) in [4.78, 5) is 0. The lowest BCUT2D eigenvalue weighted by atomic mass is 10.1. The number of hydrogen-bond acceptors (Lipinski definition) is 3. The van der Waals surface area contributed by atoms with Gasteiger partial charge in [-0.05, 0) is 54.1 Å². The molecule has 0 fully saturated rings. The average molecular weight is 379 g/mol. The Morgan fingerprint density at radius 2 is 1.56 bits per heavy atom. The van der Waals surface area contributed by atoms with Crippen LogP contribution in [0.15, 0.2) is 89.1 Å². The van der Waals surface area contributed by atoms with E-state index in [1.165, 1.54) is 18.3 Å². The number of phenolic OH excluding ortho intramolecular Hbond substituents is 1. The van der Waals surface area contributed by atoms with Crippen LogP contribution >= 0.6 is 11.6 Å².